The van der Waals surface area contributed by atoms with Gasteiger partial charge < -0.3 is 15.0 Å². The topological polar surface area (TPSA) is 74.2 Å². The summed E-state index contributed by atoms with van der Waals surface area (Å²) in [6.45, 7) is 6.61. The van der Waals surface area contributed by atoms with Gasteiger partial charge in [0.2, 0.25) is 10.0 Å². The standard InChI is InChI=1S/C19H31FN4O3S.HI/c1-16(2)27-13-14-28(25,26)24-11-9-23(10-12-24)19(21-3)22-8-7-17-5-4-6-18(20)15-17;/h4-6,15-16H,7-14H2,1-3H3,(H,21,22);1H. The maximum atomic E-state index is 13.2. The number of nitrogens with one attached hydrogen (secondary N) is 1. The van der Waals surface area contributed by atoms with Gasteiger partial charge in [0.1, 0.15) is 5.82 Å². The minimum Gasteiger partial charge on any atom is -0.378 e. The molecule has 1 aliphatic rings. The Morgan fingerprint density at radius 1 is 1.28 bits per heavy atom. The normalized spacial score (nSPS) is 16.0. The van der Waals surface area contributed by atoms with Crippen LogP contribution in [0.25, 0.3) is 0 Å². The smallest absolute Gasteiger partial charge is 0.216 e. The van der Waals surface area contributed by atoms with Crippen LogP contribution < -0.4 is 5.32 Å². The van der Waals surface area contributed by atoms with Crippen molar-refractivity contribution in [2.45, 2.75) is 26.4 Å². The lowest BCUT2D eigenvalue weighted by molar-refractivity contribution is 0.0904. The zero-order chi connectivity index (χ0) is 20.6. The molecular formula is C19H32FIN4O3S. The van der Waals surface area contributed by atoms with Gasteiger partial charge >= 0.3 is 0 Å². The number of benzene rings is 1. The van der Waals surface area contributed by atoms with Crippen LogP contribution in [0.4, 0.5) is 4.39 Å². The van der Waals surface area contributed by atoms with Crippen LogP contribution in [0, 0.1) is 5.82 Å². The predicted octanol–water partition coefficient (Wildman–Crippen LogP) is 1.93. The molecule has 0 atom stereocenters. The van der Waals surface area contributed by atoms with E-state index in [9.17, 15) is 12.8 Å². The number of hydrogen-bond acceptors (Lipinski definition) is 4. The highest BCUT2D eigenvalue weighted by Gasteiger charge is 2.27. The quantitative estimate of drug-likeness (QED) is 0.309. The van der Waals surface area contributed by atoms with Crippen molar-refractivity contribution in [1.29, 1.82) is 0 Å². The maximum absolute atomic E-state index is 13.2. The van der Waals surface area contributed by atoms with E-state index in [1.54, 1.807) is 13.1 Å². The van der Waals surface area contributed by atoms with Crippen molar-refractivity contribution in [3.05, 3.63) is 35.6 Å². The lowest BCUT2D eigenvalue weighted by Gasteiger charge is -2.35. The van der Waals surface area contributed by atoms with Gasteiger partial charge in [-0.25, -0.2) is 12.8 Å². The Kier molecular flexibility index (Phi) is 11.4. The first-order valence-corrected chi connectivity index (χ1v) is 11.2. The van der Waals surface area contributed by atoms with Gasteiger partial charge in [0.05, 0.1) is 18.5 Å². The summed E-state index contributed by atoms with van der Waals surface area (Å²) in [4.78, 5) is 6.33. The molecule has 0 saturated carbocycles. The summed E-state index contributed by atoms with van der Waals surface area (Å²) in [5, 5.41) is 3.27. The molecule has 1 heterocycles. The zero-order valence-electron chi connectivity index (χ0n) is 17.3. The Bertz CT molecular complexity index is 754. The Morgan fingerprint density at radius 3 is 2.55 bits per heavy atom. The van der Waals surface area contributed by atoms with Gasteiger partial charge in [0.25, 0.3) is 0 Å². The number of nitrogens with zero attached hydrogens (tertiary/aromatic N) is 3. The van der Waals surface area contributed by atoms with Crippen molar-refractivity contribution in [3.8, 4) is 0 Å². The van der Waals surface area contributed by atoms with E-state index in [0.717, 1.165) is 11.5 Å². The second-order valence-corrected chi connectivity index (χ2v) is 9.06. The summed E-state index contributed by atoms with van der Waals surface area (Å²) in [6, 6.07) is 6.54. The molecular weight excluding hydrogens is 510 g/mol. The molecule has 2 rings (SSSR count). The van der Waals surface area contributed by atoms with Crippen LogP contribution in [-0.4, -0.2) is 81.8 Å². The van der Waals surface area contributed by atoms with E-state index in [-0.39, 0.29) is 48.3 Å². The molecule has 166 valence electrons. The number of sulfonamides is 1. The minimum absolute atomic E-state index is 0. The summed E-state index contributed by atoms with van der Waals surface area (Å²) in [5.74, 6) is 0.501. The summed E-state index contributed by atoms with van der Waals surface area (Å²) in [7, 11) is -1.60. The fourth-order valence-electron chi connectivity index (χ4n) is 3.04. The van der Waals surface area contributed by atoms with Crippen molar-refractivity contribution in [3.63, 3.8) is 0 Å². The average molecular weight is 542 g/mol. The molecule has 0 bridgehead atoms. The molecule has 0 amide bonds. The van der Waals surface area contributed by atoms with Gasteiger partial charge in [-0.1, -0.05) is 12.1 Å². The highest BCUT2D eigenvalue weighted by molar-refractivity contribution is 14.0. The van der Waals surface area contributed by atoms with E-state index in [0.29, 0.717) is 39.1 Å². The highest BCUT2D eigenvalue weighted by atomic mass is 127. The summed E-state index contributed by atoms with van der Waals surface area (Å²) in [5.41, 5.74) is 0.919. The van der Waals surface area contributed by atoms with Crippen LogP contribution in [0.15, 0.2) is 29.3 Å². The minimum atomic E-state index is -3.31. The molecule has 1 saturated heterocycles. The van der Waals surface area contributed by atoms with E-state index in [4.69, 9.17) is 4.74 Å². The van der Waals surface area contributed by atoms with Crippen molar-refractivity contribution in [2.24, 2.45) is 4.99 Å². The van der Waals surface area contributed by atoms with Gasteiger partial charge in [0, 0.05) is 39.8 Å². The van der Waals surface area contributed by atoms with Gasteiger partial charge in [-0.15, -0.1) is 24.0 Å². The van der Waals surface area contributed by atoms with Crippen LogP contribution in [0.1, 0.15) is 19.4 Å². The first-order chi connectivity index (χ1) is 13.3. The number of rotatable bonds is 8. The van der Waals surface area contributed by atoms with Crippen LogP contribution >= 0.6 is 24.0 Å². The van der Waals surface area contributed by atoms with Crippen molar-refractivity contribution in [2.75, 3.05) is 52.1 Å². The van der Waals surface area contributed by atoms with Gasteiger partial charge in [-0.05, 0) is 38.0 Å². The number of piperazine rings is 1. The first kappa shape index (κ1) is 26.1. The Hall–Kier alpha value is -0.980. The second-order valence-electron chi connectivity index (χ2n) is 6.98. The van der Waals surface area contributed by atoms with Gasteiger partial charge in [-0.2, -0.15) is 4.31 Å². The second kappa shape index (κ2) is 12.7. The largest absolute Gasteiger partial charge is 0.378 e. The van der Waals surface area contributed by atoms with Crippen molar-refractivity contribution < 1.29 is 17.5 Å². The van der Waals surface area contributed by atoms with E-state index in [2.05, 4.69) is 10.3 Å². The van der Waals surface area contributed by atoms with Gasteiger partial charge in [-0.3, -0.25) is 4.99 Å². The molecule has 1 fully saturated rings. The fraction of sp³-hybridized carbons (Fsp3) is 0.632. The number of ether oxygens (including phenoxy) is 1. The molecule has 0 unspecified atom stereocenters. The zero-order valence-corrected chi connectivity index (χ0v) is 20.5. The lowest BCUT2D eigenvalue weighted by atomic mass is 10.1. The summed E-state index contributed by atoms with van der Waals surface area (Å²) < 4.78 is 45.0. The van der Waals surface area contributed by atoms with Crippen LogP contribution in [0.5, 0.6) is 0 Å². The van der Waals surface area contributed by atoms with Gasteiger partial charge in [0.15, 0.2) is 5.96 Å². The average Bonchev–Trinajstić information content (AvgIpc) is 2.65. The fourth-order valence-corrected chi connectivity index (χ4v) is 4.32. The maximum Gasteiger partial charge on any atom is 0.216 e. The summed E-state index contributed by atoms with van der Waals surface area (Å²) in [6.07, 6.45) is 0.704. The van der Waals surface area contributed by atoms with Crippen molar-refractivity contribution in [1.82, 2.24) is 14.5 Å². The highest BCUT2D eigenvalue weighted by Crippen LogP contribution is 2.09. The van der Waals surface area contributed by atoms with E-state index >= 15 is 0 Å². The molecule has 1 aromatic carbocycles. The molecule has 0 spiro atoms. The number of guanidine groups is 1. The molecule has 0 aromatic heterocycles. The number of halogens is 2. The molecule has 1 aromatic rings. The molecule has 1 N–H and O–H groups in total. The van der Waals surface area contributed by atoms with Crippen LogP contribution in [-0.2, 0) is 21.2 Å². The predicted molar refractivity (Wildman–Crippen MR) is 125 cm³/mol. The number of aliphatic imine (C=N–C) groups is 1. The third-order valence-electron chi connectivity index (χ3n) is 4.52. The summed E-state index contributed by atoms with van der Waals surface area (Å²) >= 11 is 0. The third-order valence-corrected chi connectivity index (χ3v) is 6.36. The Labute approximate surface area is 190 Å². The molecule has 7 nitrogen and oxygen atoms in total. The molecule has 29 heavy (non-hydrogen) atoms. The third kappa shape index (κ3) is 8.73. The monoisotopic (exact) mass is 542 g/mol. The molecule has 1 aliphatic heterocycles. The van der Waals surface area contributed by atoms with E-state index in [1.165, 1.54) is 16.4 Å². The van der Waals surface area contributed by atoms with E-state index in [1.807, 2.05) is 24.8 Å². The lowest BCUT2D eigenvalue weighted by Crippen LogP contribution is -2.54. The SMILES string of the molecule is CN=C(NCCc1cccc(F)c1)N1CCN(S(=O)(=O)CCOC(C)C)CC1.I. The number of hydrogen-bond donors (Lipinski definition) is 1. The van der Waals surface area contributed by atoms with Crippen molar-refractivity contribution >= 4 is 40.0 Å². The van der Waals surface area contributed by atoms with Crippen LogP contribution in [0.3, 0.4) is 0 Å². The molecule has 0 radical (unpaired) electrons. The van der Waals surface area contributed by atoms with E-state index < -0.39 is 10.0 Å². The first-order valence-electron chi connectivity index (χ1n) is 9.61. The Balaban J connectivity index is 0.00000420. The van der Waals surface area contributed by atoms with Crippen LogP contribution in [0.2, 0.25) is 0 Å². The molecule has 10 heteroatoms. The Morgan fingerprint density at radius 2 is 1.97 bits per heavy atom. The molecule has 0 aliphatic carbocycles.